The lowest BCUT2D eigenvalue weighted by atomic mass is 9.90. The second-order valence-corrected chi connectivity index (χ2v) is 18.5. The first-order valence-electron chi connectivity index (χ1n) is 21.2. The molecular weight excluding hydrogens is 801 g/mol. The SMILES string of the molecule is CC1(COCCCCCCOc2ccc(C(=O)Oc3ccc(S(=O)(=O)c4ccc(OC(=O)c5ccc(OCCCCCCOCC6(C)COC6)cc5)cc4)cc3)cc2)COC1. The van der Waals surface area contributed by atoms with Gasteiger partial charge in [0.1, 0.15) is 23.0 Å². The molecule has 12 nitrogen and oxygen atoms in total. The molecule has 0 amide bonds. The van der Waals surface area contributed by atoms with Crippen molar-refractivity contribution < 1.29 is 55.9 Å². The Morgan fingerprint density at radius 2 is 0.803 bits per heavy atom. The van der Waals surface area contributed by atoms with E-state index in [9.17, 15) is 18.0 Å². The van der Waals surface area contributed by atoms with Crippen LogP contribution in [0.3, 0.4) is 0 Å². The van der Waals surface area contributed by atoms with Gasteiger partial charge in [-0.25, -0.2) is 18.0 Å². The van der Waals surface area contributed by atoms with Gasteiger partial charge in [-0.1, -0.05) is 26.7 Å². The molecule has 4 aromatic carbocycles. The van der Waals surface area contributed by atoms with Gasteiger partial charge in [0, 0.05) is 24.0 Å². The van der Waals surface area contributed by atoms with Crippen LogP contribution in [0.15, 0.2) is 107 Å². The minimum absolute atomic E-state index is 0.0119. The van der Waals surface area contributed by atoms with Gasteiger partial charge in [0.2, 0.25) is 9.84 Å². The lowest BCUT2D eigenvalue weighted by Crippen LogP contribution is -2.43. The van der Waals surface area contributed by atoms with Crippen LogP contribution in [0.2, 0.25) is 0 Å². The summed E-state index contributed by atoms with van der Waals surface area (Å²) < 4.78 is 71.4. The molecular formula is C48H58O12S. The molecule has 4 aromatic rings. The van der Waals surface area contributed by atoms with Crippen LogP contribution >= 0.6 is 0 Å². The Morgan fingerprint density at radius 1 is 0.475 bits per heavy atom. The highest BCUT2D eigenvalue weighted by Gasteiger charge is 2.34. The normalized spacial score (nSPS) is 15.2. The summed E-state index contributed by atoms with van der Waals surface area (Å²) in [4.78, 5) is 25.6. The highest BCUT2D eigenvalue weighted by Crippen LogP contribution is 2.29. The molecule has 13 heteroatoms. The van der Waals surface area contributed by atoms with Crippen molar-refractivity contribution in [3.63, 3.8) is 0 Å². The molecule has 2 fully saturated rings. The van der Waals surface area contributed by atoms with Crippen molar-refractivity contribution >= 4 is 21.8 Å². The summed E-state index contributed by atoms with van der Waals surface area (Å²) in [6, 6.07) is 24.6. The molecule has 328 valence electrons. The molecule has 0 N–H and O–H groups in total. The minimum atomic E-state index is -3.91. The third-order valence-corrected chi connectivity index (χ3v) is 12.3. The Labute approximate surface area is 359 Å². The monoisotopic (exact) mass is 858 g/mol. The third kappa shape index (κ3) is 14.1. The van der Waals surface area contributed by atoms with E-state index in [0.717, 1.165) is 104 Å². The summed E-state index contributed by atoms with van der Waals surface area (Å²) in [6.45, 7) is 11.7. The molecule has 0 spiro atoms. The molecule has 0 radical (unpaired) electrons. The van der Waals surface area contributed by atoms with Gasteiger partial charge in [0.25, 0.3) is 0 Å². The lowest BCUT2D eigenvalue weighted by Gasteiger charge is -2.37. The number of ether oxygens (including phenoxy) is 8. The number of benzene rings is 4. The summed E-state index contributed by atoms with van der Waals surface area (Å²) in [5, 5.41) is 0. The number of carbonyl (C=O) groups is 2. The van der Waals surface area contributed by atoms with Crippen LogP contribution in [-0.4, -0.2) is 86.4 Å². The van der Waals surface area contributed by atoms with Crippen LogP contribution < -0.4 is 18.9 Å². The summed E-state index contributed by atoms with van der Waals surface area (Å²) in [5.74, 6) is 0.546. The molecule has 61 heavy (non-hydrogen) atoms. The topological polar surface area (TPSA) is 142 Å². The molecule has 2 aliphatic rings. The zero-order chi connectivity index (χ0) is 43.0. The Bertz CT molecular complexity index is 1930. The van der Waals surface area contributed by atoms with Gasteiger partial charge >= 0.3 is 11.9 Å². The molecule has 0 saturated carbocycles. The Morgan fingerprint density at radius 3 is 1.13 bits per heavy atom. The second-order valence-electron chi connectivity index (χ2n) is 16.5. The number of sulfone groups is 1. The summed E-state index contributed by atoms with van der Waals surface area (Å²) in [7, 11) is -3.91. The third-order valence-electron chi connectivity index (χ3n) is 10.5. The molecule has 0 atom stereocenters. The summed E-state index contributed by atoms with van der Waals surface area (Å²) >= 11 is 0. The van der Waals surface area contributed by atoms with Gasteiger partial charge < -0.3 is 37.9 Å². The highest BCUT2D eigenvalue weighted by molar-refractivity contribution is 7.91. The van der Waals surface area contributed by atoms with Gasteiger partial charge in [0.15, 0.2) is 0 Å². The molecule has 0 bridgehead atoms. The fourth-order valence-corrected chi connectivity index (χ4v) is 7.88. The molecule has 2 heterocycles. The zero-order valence-electron chi connectivity index (χ0n) is 35.3. The van der Waals surface area contributed by atoms with E-state index in [1.165, 1.54) is 48.5 Å². The highest BCUT2D eigenvalue weighted by atomic mass is 32.2. The number of rotatable bonds is 26. The Kier molecular flexibility index (Phi) is 16.8. The smallest absolute Gasteiger partial charge is 0.343 e. The van der Waals surface area contributed by atoms with Crippen LogP contribution in [-0.2, 0) is 28.8 Å². The quantitative estimate of drug-likeness (QED) is 0.0338. The van der Waals surface area contributed by atoms with Crippen LogP contribution in [0, 0.1) is 10.8 Å². The van der Waals surface area contributed by atoms with Crippen LogP contribution in [0.4, 0.5) is 0 Å². The van der Waals surface area contributed by atoms with Gasteiger partial charge in [-0.15, -0.1) is 0 Å². The largest absolute Gasteiger partial charge is 0.494 e. The maximum Gasteiger partial charge on any atom is 0.343 e. The minimum Gasteiger partial charge on any atom is -0.494 e. The average Bonchev–Trinajstić information content (AvgIpc) is 3.24. The second kappa shape index (κ2) is 22.3. The van der Waals surface area contributed by atoms with Crippen molar-refractivity contribution in [1.29, 1.82) is 0 Å². The van der Waals surface area contributed by atoms with Gasteiger partial charge in [0.05, 0.1) is 73.8 Å². The van der Waals surface area contributed by atoms with E-state index in [-0.39, 0.29) is 32.1 Å². The van der Waals surface area contributed by atoms with E-state index < -0.39 is 21.8 Å². The molecule has 2 aliphatic heterocycles. The van der Waals surface area contributed by atoms with Gasteiger partial charge in [-0.3, -0.25) is 0 Å². The fourth-order valence-electron chi connectivity index (χ4n) is 6.62. The van der Waals surface area contributed by atoms with Crippen molar-refractivity contribution in [1.82, 2.24) is 0 Å². The van der Waals surface area contributed by atoms with Crippen molar-refractivity contribution in [2.75, 3.05) is 66.1 Å². The number of unbranched alkanes of at least 4 members (excludes halogenated alkanes) is 6. The van der Waals surface area contributed by atoms with Crippen LogP contribution in [0.25, 0.3) is 0 Å². The van der Waals surface area contributed by atoms with Crippen molar-refractivity contribution in [3.05, 3.63) is 108 Å². The van der Waals surface area contributed by atoms with E-state index in [2.05, 4.69) is 13.8 Å². The number of hydrogen-bond acceptors (Lipinski definition) is 12. The first-order valence-corrected chi connectivity index (χ1v) is 22.7. The van der Waals surface area contributed by atoms with Crippen molar-refractivity contribution in [3.8, 4) is 23.0 Å². The molecule has 6 rings (SSSR count). The number of esters is 2. The molecule has 2 saturated heterocycles. The fraction of sp³-hybridized carbons (Fsp3) is 0.458. The van der Waals surface area contributed by atoms with E-state index in [4.69, 9.17) is 37.9 Å². The van der Waals surface area contributed by atoms with Crippen molar-refractivity contribution in [2.24, 2.45) is 10.8 Å². The van der Waals surface area contributed by atoms with E-state index >= 15 is 0 Å². The maximum absolute atomic E-state index is 13.4. The van der Waals surface area contributed by atoms with Gasteiger partial charge in [-0.2, -0.15) is 0 Å². The van der Waals surface area contributed by atoms with Gasteiger partial charge in [-0.05, 0) is 136 Å². The van der Waals surface area contributed by atoms with Crippen LogP contribution in [0.1, 0.15) is 85.9 Å². The zero-order valence-corrected chi connectivity index (χ0v) is 36.1. The molecule has 0 aromatic heterocycles. The Hall–Kier alpha value is -4.79. The number of carbonyl (C=O) groups excluding carboxylic acids is 2. The standard InChI is InChI=1S/C48H58O12S/c1-47(33-55-34-47)31-53-27-7-3-5-9-29-57-39-15-11-37(12-16-39)45(49)59-41-19-23-43(24-20-41)61(51,52)44-25-21-42(22-26-44)60-46(50)38-13-17-40(18-14-38)58-30-10-6-4-8-28-54-32-48(2)35-56-36-48/h11-26H,3-10,27-36H2,1-2H3. The average molecular weight is 859 g/mol. The molecule has 0 aliphatic carbocycles. The number of hydrogen-bond donors (Lipinski definition) is 0. The maximum atomic E-state index is 13.4. The predicted octanol–water partition coefficient (Wildman–Crippen LogP) is 8.94. The van der Waals surface area contributed by atoms with Crippen LogP contribution in [0.5, 0.6) is 23.0 Å². The summed E-state index contributed by atoms with van der Waals surface area (Å²) in [5.41, 5.74) is 1.03. The molecule has 0 unspecified atom stereocenters. The van der Waals surface area contributed by atoms with E-state index in [1.807, 2.05) is 0 Å². The van der Waals surface area contributed by atoms with E-state index in [0.29, 0.717) is 35.8 Å². The Balaban J connectivity index is 0.856. The first-order chi connectivity index (χ1) is 29.5. The lowest BCUT2D eigenvalue weighted by molar-refractivity contribution is -0.138. The van der Waals surface area contributed by atoms with Crippen molar-refractivity contribution in [2.45, 2.75) is 75.0 Å². The summed E-state index contributed by atoms with van der Waals surface area (Å²) in [6.07, 6.45) is 8.11. The first kappa shape index (κ1) is 45.7. The van der Waals surface area contributed by atoms with E-state index in [1.54, 1.807) is 48.5 Å². The predicted molar refractivity (Wildman–Crippen MR) is 229 cm³/mol.